The number of anilines is 1. The molecule has 12 heteroatoms. The molecule has 0 aliphatic carbocycles. The predicted octanol–water partition coefficient (Wildman–Crippen LogP) is 6.42. The summed E-state index contributed by atoms with van der Waals surface area (Å²) >= 11 is 5.92. The van der Waals surface area contributed by atoms with Crippen molar-refractivity contribution in [3.05, 3.63) is 80.5 Å². The minimum atomic E-state index is -2.19. The fourth-order valence-electron chi connectivity index (χ4n) is 4.66. The van der Waals surface area contributed by atoms with Crippen LogP contribution >= 0.6 is 11.6 Å². The highest BCUT2D eigenvalue weighted by molar-refractivity contribution is 6.74. The maximum absolute atomic E-state index is 15.2. The molecule has 1 aliphatic heterocycles. The van der Waals surface area contributed by atoms with Gasteiger partial charge in [-0.3, -0.25) is 19.1 Å². The van der Waals surface area contributed by atoms with Crippen LogP contribution in [-0.4, -0.2) is 36.2 Å². The van der Waals surface area contributed by atoms with Gasteiger partial charge in [0.1, 0.15) is 11.7 Å². The highest BCUT2D eigenvalue weighted by Crippen LogP contribution is 2.39. The Labute approximate surface area is 248 Å². The number of aromatic nitrogens is 2. The zero-order valence-corrected chi connectivity index (χ0v) is 26.1. The summed E-state index contributed by atoms with van der Waals surface area (Å²) in [6.07, 6.45) is 1.53. The Morgan fingerprint density at radius 3 is 2.52 bits per heavy atom. The van der Waals surface area contributed by atoms with E-state index in [1.165, 1.54) is 35.0 Å². The van der Waals surface area contributed by atoms with Gasteiger partial charge in [0, 0.05) is 29.2 Å². The number of nitrogens with zero attached hydrogens (tertiary/aromatic N) is 2. The van der Waals surface area contributed by atoms with Crippen LogP contribution < -0.4 is 11.3 Å². The van der Waals surface area contributed by atoms with Crippen LogP contribution in [0.4, 0.5) is 14.5 Å². The zero-order valence-electron chi connectivity index (χ0n) is 24.4. The monoisotopic (exact) mass is 617 g/mol. The van der Waals surface area contributed by atoms with E-state index < -0.39 is 49.9 Å². The standard InChI is InChI=1S/C30H34ClF2N3O5Si/c1-16-11-23(36-22(16)12-17(13-25(36)38)26-20(34)8-7-19(31)28(26)33)29(39)40-15-24(37)18-9-10-35-21(27(18)32)14-41-42(5,6)30(2,3)4/h7-10,12-13,16,23H,11,14-15,34H2,1-6H3. The number of rotatable bonds is 8. The lowest BCUT2D eigenvalue weighted by atomic mass is 9.99. The average molecular weight is 618 g/mol. The summed E-state index contributed by atoms with van der Waals surface area (Å²) in [5.41, 5.74) is 5.96. The fourth-order valence-corrected chi connectivity index (χ4v) is 5.75. The first kappa shape index (κ1) is 31.5. The lowest BCUT2D eigenvalue weighted by Crippen LogP contribution is -2.40. The Balaban J connectivity index is 1.50. The van der Waals surface area contributed by atoms with E-state index in [1.807, 2.05) is 20.0 Å². The second-order valence-electron chi connectivity index (χ2n) is 12.1. The molecule has 2 unspecified atom stereocenters. The van der Waals surface area contributed by atoms with E-state index in [0.717, 1.165) is 0 Å². The summed E-state index contributed by atoms with van der Waals surface area (Å²) in [7, 11) is -2.19. The lowest BCUT2D eigenvalue weighted by Gasteiger charge is -2.36. The Morgan fingerprint density at radius 1 is 1.17 bits per heavy atom. The number of fused-ring (bicyclic) bond motifs is 1. The number of carbonyl (C=O) groups excluding carboxylic acids is 2. The van der Waals surface area contributed by atoms with Gasteiger partial charge in [-0.2, -0.15) is 0 Å². The number of benzene rings is 1. The van der Waals surface area contributed by atoms with Crippen molar-refractivity contribution in [3.8, 4) is 11.1 Å². The van der Waals surface area contributed by atoms with Gasteiger partial charge in [-0.25, -0.2) is 13.6 Å². The molecule has 3 heterocycles. The zero-order chi connectivity index (χ0) is 31.1. The van der Waals surface area contributed by atoms with E-state index in [1.54, 1.807) is 6.07 Å². The highest BCUT2D eigenvalue weighted by atomic mass is 35.5. The molecular formula is C30H34ClF2N3O5Si. The molecule has 0 spiro atoms. The van der Waals surface area contributed by atoms with Crippen LogP contribution in [0.25, 0.3) is 11.1 Å². The molecule has 1 aromatic carbocycles. The first-order chi connectivity index (χ1) is 19.5. The summed E-state index contributed by atoms with van der Waals surface area (Å²) in [6, 6.07) is 5.76. The molecule has 0 amide bonds. The van der Waals surface area contributed by atoms with E-state index in [9.17, 15) is 18.8 Å². The molecule has 0 fully saturated rings. The number of halogens is 3. The van der Waals surface area contributed by atoms with Gasteiger partial charge >= 0.3 is 5.97 Å². The number of ether oxygens (including phenoxy) is 1. The molecule has 224 valence electrons. The van der Waals surface area contributed by atoms with Crippen LogP contribution in [0.1, 0.15) is 67.8 Å². The van der Waals surface area contributed by atoms with Crippen molar-refractivity contribution in [3.63, 3.8) is 0 Å². The van der Waals surface area contributed by atoms with Crippen LogP contribution in [0.15, 0.2) is 41.3 Å². The molecule has 42 heavy (non-hydrogen) atoms. The highest BCUT2D eigenvalue weighted by Gasteiger charge is 2.38. The number of pyridine rings is 2. The minimum Gasteiger partial charge on any atom is -0.456 e. The van der Waals surface area contributed by atoms with Gasteiger partial charge in [-0.05, 0) is 60.3 Å². The summed E-state index contributed by atoms with van der Waals surface area (Å²) in [5, 5.41) is -0.232. The second-order valence-corrected chi connectivity index (χ2v) is 17.3. The normalized spacial score (nSPS) is 16.8. The van der Waals surface area contributed by atoms with Crippen LogP contribution in [0.3, 0.4) is 0 Å². The summed E-state index contributed by atoms with van der Waals surface area (Å²) in [5.74, 6) is -3.41. The number of nitrogen functional groups attached to an aromatic ring is 1. The molecule has 4 rings (SSSR count). The third-order valence-electron chi connectivity index (χ3n) is 8.16. The number of esters is 1. The molecule has 1 aliphatic rings. The molecule has 0 bridgehead atoms. The van der Waals surface area contributed by atoms with Gasteiger partial charge in [-0.15, -0.1) is 0 Å². The number of ketones is 1. The van der Waals surface area contributed by atoms with Crippen LogP contribution in [0, 0.1) is 11.6 Å². The average Bonchev–Trinajstić information content (AvgIpc) is 3.25. The first-order valence-corrected chi connectivity index (χ1v) is 16.8. The Kier molecular flexibility index (Phi) is 8.78. The smallest absolute Gasteiger partial charge is 0.329 e. The van der Waals surface area contributed by atoms with E-state index >= 15 is 4.39 Å². The molecule has 2 N–H and O–H groups in total. The summed E-state index contributed by atoms with van der Waals surface area (Å²) < 4.78 is 42.6. The molecule has 2 aromatic heterocycles. The maximum atomic E-state index is 15.2. The Bertz CT molecular complexity index is 1620. The number of hydrogen-bond donors (Lipinski definition) is 1. The SMILES string of the molecule is CC1CC(C(=O)OCC(=O)c2ccnc(CO[Si](C)(C)C(C)(C)C)c2F)n2c1cc(-c1c(N)ccc(Cl)c1F)cc2=O. The Hall–Kier alpha value is -3.41. The van der Waals surface area contributed by atoms with Gasteiger partial charge in [0.15, 0.2) is 26.6 Å². The molecule has 2 atom stereocenters. The van der Waals surface area contributed by atoms with Gasteiger partial charge in [0.05, 0.1) is 17.2 Å². The van der Waals surface area contributed by atoms with Gasteiger partial charge < -0.3 is 14.9 Å². The van der Waals surface area contributed by atoms with E-state index in [4.69, 9.17) is 26.5 Å². The molecule has 0 saturated carbocycles. The number of Topliss-reactive ketones (excluding diaryl/α,β-unsaturated/α-hetero) is 1. The predicted molar refractivity (Wildman–Crippen MR) is 159 cm³/mol. The largest absolute Gasteiger partial charge is 0.456 e. The first-order valence-electron chi connectivity index (χ1n) is 13.5. The summed E-state index contributed by atoms with van der Waals surface area (Å²) in [4.78, 5) is 43.1. The van der Waals surface area contributed by atoms with Crippen molar-refractivity contribution in [1.29, 1.82) is 0 Å². The van der Waals surface area contributed by atoms with Gasteiger partial charge in [-0.1, -0.05) is 39.3 Å². The van der Waals surface area contributed by atoms with Crippen molar-refractivity contribution < 1.29 is 27.5 Å². The molecular weight excluding hydrogens is 584 g/mol. The third kappa shape index (κ3) is 6.04. The van der Waals surface area contributed by atoms with E-state index in [0.29, 0.717) is 5.69 Å². The second kappa shape index (κ2) is 11.7. The number of hydrogen-bond acceptors (Lipinski definition) is 7. The number of nitrogens with two attached hydrogens (primary N) is 1. The number of carbonyl (C=O) groups is 2. The van der Waals surface area contributed by atoms with Crippen LogP contribution in [0.5, 0.6) is 0 Å². The minimum absolute atomic E-state index is 0.000262. The van der Waals surface area contributed by atoms with Crippen LogP contribution in [0.2, 0.25) is 23.2 Å². The topological polar surface area (TPSA) is 114 Å². The molecule has 0 radical (unpaired) electrons. The third-order valence-corrected chi connectivity index (χ3v) is 12.9. The van der Waals surface area contributed by atoms with Gasteiger partial charge in [0.2, 0.25) is 5.78 Å². The quantitative estimate of drug-likeness (QED) is 0.134. The van der Waals surface area contributed by atoms with Crippen LogP contribution in [-0.2, 0) is 20.6 Å². The fraction of sp³-hybridized carbons (Fsp3) is 0.400. The van der Waals surface area contributed by atoms with Crippen molar-refractivity contribution in [1.82, 2.24) is 9.55 Å². The van der Waals surface area contributed by atoms with E-state index in [2.05, 4.69) is 25.8 Å². The van der Waals surface area contributed by atoms with Crippen molar-refractivity contribution in [2.75, 3.05) is 12.3 Å². The molecule has 0 saturated heterocycles. The van der Waals surface area contributed by atoms with Crippen molar-refractivity contribution in [2.24, 2.45) is 0 Å². The lowest BCUT2D eigenvalue weighted by molar-refractivity contribution is -0.146. The van der Waals surface area contributed by atoms with Gasteiger partial charge in [0.25, 0.3) is 5.56 Å². The maximum Gasteiger partial charge on any atom is 0.329 e. The van der Waals surface area contributed by atoms with E-state index in [-0.39, 0.29) is 57.1 Å². The summed E-state index contributed by atoms with van der Waals surface area (Å²) in [6.45, 7) is 11.2. The molecule has 3 aromatic rings. The van der Waals surface area contributed by atoms with Crippen molar-refractivity contribution >= 4 is 37.4 Å². The molecule has 8 nitrogen and oxygen atoms in total. The Morgan fingerprint density at radius 2 is 1.86 bits per heavy atom. The van der Waals surface area contributed by atoms with Crippen molar-refractivity contribution in [2.45, 2.75) is 70.8 Å².